The summed E-state index contributed by atoms with van der Waals surface area (Å²) in [7, 11) is 1.74. The summed E-state index contributed by atoms with van der Waals surface area (Å²) in [5.74, 6) is 2.45. The number of thioether (sulfide) groups is 1. The van der Waals surface area contributed by atoms with E-state index in [4.69, 9.17) is 9.72 Å². The molecule has 19 heavy (non-hydrogen) atoms. The fourth-order valence-corrected chi connectivity index (χ4v) is 3.85. The molecule has 0 aliphatic carbocycles. The molecule has 0 aromatic carbocycles. The molecule has 1 saturated heterocycles. The Morgan fingerprint density at radius 1 is 1.53 bits per heavy atom. The van der Waals surface area contributed by atoms with Crippen molar-refractivity contribution in [2.24, 2.45) is 0 Å². The molecule has 1 unspecified atom stereocenters. The zero-order valence-electron chi connectivity index (χ0n) is 11.2. The molecule has 3 heterocycles. The van der Waals surface area contributed by atoms with Crippen LogP contribution in [0.4, 0.5) is 0 Å². The van der Waals surface area contributed by atoms with Crippen LogP contribution >= 0.6 is 11.8 Å². The minimum Gasteiger partial charge on any atom is -0.383 e. The van der Waals surface area contributed by atoms with Crippen LogP contribution in [0.25, 0.3) is 11.2 Å². The Balaban J connectivity index is 1.91. The van der Waals surface area contributed by atoms with Crippen molar-refractivity contribution >= 4 is 22.9 Å². The second kappa shape index (κ2) is 5.92. The third kappa shape index (κ3) is 2.77. The molecule has 2 aromatic rings. The molecule has 0 N–H and O–H groups in total. The maximum atomic E-state index is 5.21. The molecule has 5 heteroatoms. The van der Waals surface area contributed by atoms with Gasteiger partial charge in [-0.15, -0.1) is 0 Å². The number of hydrogen-bond acceptors (Lipinski definition) is 4. The van der Waals surface area contributed by atoms with Crippen LogP contribution in [-0.2, 0) is 17.7 Å². The second-order valence-corrected chi connectivity index (χ2v) is 6.27. The number of imidazole rings is 1. The van der Waals surface area contributed by atoms with Gasteiger partial charge in [-0.25, -0.2) is 9.97 Å². The number of nitrogens with zero attached hydrogens (tertiary/aromatic N) is 3. The summed E-state index contributed by atoms with van der Waals surface area (Å²) in [5.41, 5.74) is 1.98. The summed E-state index contributed by atoms with van der Waals surface area (Å²) >= 11 is 2.07. The van der Waals surface area contributed by atoms with Crippen molar-refractivity contribution in [2.75, 3.05) is 19.5 Å². The van der Waals surface area contributed by atoms with Gasteiger partial charge in [0.1, 0.15) is 11.3 Å². The largest absolute Gasteiger partial charge is 0.383 e. The summed E-state index contributed by atoms with van der Waals surface area (Å²) in [6, 6.07) is 3.99. The average Bonchev–Trinajstić information content (AvgIpc) is 3.04. The molecule has 3 rings (SSSR count). The molecular weight excluding hydrogens is 258 g/mol. The van der Waals surface area contributed by atoms with E-state index in [-0.39, 0.29) is 0 Å². The lowest BCUT2D eigenvalue weighted by molar-refractivity contribution is 0.187. The quantitative estimate of drug-likeness (QED) is 0.842. The number of aromatic nitrogens is 3. The molecule has 0 amide bonds. The zero-order valence-corrected chi connectivity index (χ0v) is 12.0. The maximum Gasteiger partial charge on any atom is 0.160 e. The normalized spacial score (nSPS) is 19.3. The number of fused-ring (bicyclic) bond motifs is 1. The monoisotopic (exact) mass is 277 g/mol. The van der Waals surface area contributed by atoms with Crippen LogP contribution in [0.3, 0.4) is 0 Å². The van der Waals surface area contributed by atoms with Gasteiger partial charge in [0.25, 0.3) is 0 Å². The van der Waals surface area contributed by atoms with Gasteiger partial charge in [-0.3, -0.25) is 0 Å². The van der Waals surface area contributed by atoms with Gasteiger partial charge >= 0.3 is 0 Å². The maximum absolute atomic E-state index is 5.21. The van der Waals surface area contributed by atoms with E-state index < -0.39 is 0 Å². The Kier molecular flexibility index (Phi) is 4.03. The van der Waals surface area contributed by atoms with E-state index in [1.807, 2.05) is 18.3 Å². The van der Waals surface area contributed by atoms with E-state index in [1.165, 1.54) is 18.6 Å². The third-order valence-corrected chi connectivity index (χ3v) is 4.93. The van der Waals surface area contributed by atoms with E-state index in [0.717, 1.165) is 35.2 Å². The van der Waals surface area contributed by atoms with Crippen LogP contribution in [0.2, 0.25) is 0 Å². The highest BCUT2D eigenvalue weighted by Gasteiger charge is 2.20. The molecule has 1 atom stereocenters. The van der Waals surface area contributed by atoms with Crippen molar-refractivity contribution in [3.8, 4) is 0 Å². The molecule has 0 radical (unpaired) electrons. The van der Waals surface area contributed by atoms with Crippen LogP contribution in [-0.4, -0.2) is 39.3 Å². The van der Waals surface area contributed by atoms with Crippen molar-refractivity contribution < 1.29 is 4.74 Å². The van der Waals surface area contributed by atoms with Gasteiger partial charge in [0.2, 0.25) is 0 Å². The highest BCUT2D eigenvalue weighted by molar-refractivity contribution is 8.00. The molecular formula is C14H19N3OS. The molecule has 2 aromatic heterocycles. The Labute approximate surface area is 117 Å². The highest BCUT2D eigenvalue weighted by Crippen LogP contribution is 2.29. The van der Waals surface area contributed by atoms with Gasteiger partial charge < -0.3 is 9.30 Å². The number of hydrogen-bond donors (Lipinski definition) is 0. The fraction of sp³-hybridized carbons (Fsp3) is 0.571. The first-order valence-corrected chi connectivity index (χ1v) is 7.84. The van der Waals surface area contributed by atoms with Crippen molar-refractivity contribution in [3.05, 3.63) is 24.2 Å². The van der Waals surface area contributed by atoms with E-state index in [9.17, 15) is 0 Å². The van der Waals surface area contributed by atoms with E-state index in [1.54, 1.807) is 7.11 Å². The van der Waals surface area contributed by atoms with Gasteiger partial charge in [-0.1, -0.05) is 0 Å². The van der Waals surface area contributed by atoms with Gasteiger partial charge in [-0.05, 0) is 30.7 Å². The number of rotatable bonds is 5. The predicted octanol–water partition coefficient (Wildman–Crippen LogP) is 2.52. The molecule has 1 aliphatic heterocycles. The molecule has 4 nitrogen and oxygen atoms in total. The smallest absolute Gasteiger partial charge is 0.160 e. The lowest BCUT2D eigenvalue weighted by Crippen LogP contribution is -2.13. The first-order chi connectivity index (χ1) is 9.38. The standard InChI is InChI=1S/C14H19N3OS/c1-18-8-7-17-13(10-11-4-3-9-19-11)16-12-5-2-6-15-14(12)17/h2,5-6,11H,3-4,7-10H2,1H3. The Hall–Kier alpha value is -1.07. The van der Waals surface area contributed by atoms with Gasteiger partial charge in [0.15, 0.2) is 5.65 Å². The lowest BCUT2D eigenvalue weighted by atomic mass is 10.2. The first kappa shape index (κ1) is 12.9. The molecule has 0 spiro atoms. The first-order valence-electron chi connectivity index (χ1n) is 6.79. The molecule has 1 aliphatic rings. The minimum absolute atomic E-state index is 0.701. The van der Waals surface area contributed by atoms with E-state index in [2.05, 4.69) is 21.3 Å². The van der Waals surface area contributed by atoms with Crippen molar-refractivity contribution in [2.45, 2.75) is 31.1 Å². The summed E-state index contributed by atoms with van der Waals surface area (Å²) in [6.45, 7) is 1.53. The minimum atomic E-state index is 0.701. The van der Waals surface area contributed by atoms with Crippen LogP contribution in [0.5, 0.6) is 0 Å². The molecule has 1 fully saturated rings. The van der Waals surface area contributed by atoms with Crippen LogP contribution < -0.4 is 0 Å². The third-order valence-electron chi connectivity index (χ3n) is 3.54. The second-order valence-electron chi connectivity index (χ2n) is 4.86. The summed E-state index contributed by atoms with van der Waals surface area (Å²) < 4.78 is 7.43. The van der Waals surface area contributed by atoms with Crippen LogP contribution in [0.1, 0.15) is 18.7 Å². The Morgan fingerprint density at radius 3 is 3.26 bits per heavy atom. The van der Waals surface area contributed by atoms with Gasteiger partial charge in [0.05, 0.1) is 6.61 Å². The number of methoxy groups -OCH3 is 1. The lowest BCUT2D eigenvalue weighted by Gasteiger charge is -2.11. The van der Waals surface area contributed by atoms with E-state index in [0.29, 0.717) is 6.61 Å². The Bertz CT molecular complexity index is 549. The molecule has 0 bridgehead atoms. The average molecular weight is 277 g/mol. The zero-order chi connectivity index (χ0) is 13.1. The van der Waals surface area contributed by atoms with Gasteiger partial charge in [0, 0.05) is 31.5 Å². The summed E-state index contributed by atoms with van der Waals surface area (Å²) in [4.78, 5) is 9.23. The topological polar surface area (TPSA) is 39.9 Å². The van der Waals surface area contributed by atoms with Crippen LogP contribution in [0, 0.1) is 0 Å². The van der Waals surface area contributed by atoms with Crippen LogP contribution in [0.15, 0.2) is 18.3 Å². The summed E-state index contributed by atoms with van der Waals surface area (Å²) in [5, 5.41) is 0.720. The molecule has 0 saturated carbocycles. The van der Waals surface area contributed by atoms with Crippen molar-refractivity contribution in [1.82, 2.24) is 14.5 Å². The van der Waals surface area contributed by atoms with Gasteiger partial charge in [-0.2, -0.15) is 11.8 Å². The van der Waals surface area contributed by atoms with Crippen molar-refractivity contribution in [1.29, 1.82) is 0 Å². The Morgan fingerprint density at radius 2 is 2.47 bits per heavy atom. The fourth-order valence-electron chi connectivity index (χ4n) is 2.59. The molecule has 102 valence electrons. The SMILES string of the molecule is COCCn1c(CC2CCCS2)nc2cccnc21. The number of pyridine rings is 1. The summed E-state index contributed by atoms with van der Waals surface area (Å²) in [6.07, 6.45) is 5.53. The van der Waals surface area contributed by atoms with E-state index >= 15 is 0 Å². The highest BCUT2D eigenvalue weighted by atomic mass is 32.2. The number of ether oxygens (including phenoxy) is 1. The predicted molar refractivity (Wildman–Crippen MR) is 78.6 cm³/mol. The van der Waals surface area contributed by atoms with Crippen molar-refractivity contribution in [3.63, 3.8) is 0 Å².